The van der Waals surface area contributed by atoms with Gasteiger partial charge in [-0.2, -0.15) is 5.10 Å². The molecule has 2 N–H and O–H groups in total. The molecule has 1 aliphatic heterocycles. The van der Waals surface area contributed by atoms with E-state index in [-0.39, 0.29) is 24.0 Å². The second-order valence-corrected chi connectivity index (χ2v) is 7.16. The van der Waals surface area contributed by atoms with E-state index in [1.54, 1.807) is 0 Å². The Morgan fingerprint density at radius 3 is 2.60 bits per heavy atom. The van der Waals surface area contributed by atoms with Crippen LogP contribution in [0.3, 0.4) is 0 Å². The van der Waals surface area contributed by atoms with Gasteiger partial charge in [0, 0.05) is 38.4 Å². The Balaban J connectivity index is 0.00000312. The quantitative estimate of drug-likeness (QED) is 0.386. The molecule has 144 valence electrons. The number of nitrogens with one attached hydrogen (secondary N) is 2. The van der Waals surface area contributed by atoms with Crippen molar-refractivity contribution in [1.82, 2.24) is 25.3 Å². The summed E-state index contributed by atoms with van der Waals surface area (Å²) < 4.78 is 1.97. The summed E-state index contributed by atoms with van der Waals surface area (Å²) in [5.74, 6) is 1.61. The van der Waals surface area contributed by atoms with Crippen molar-refractivity contribution < 1.29 is 0 Å². The molecule has 1 saturated heterocycles. The van der Waals surface area contributed by atoms with E-state index in [9.17, 15) is 0 Å². The molecule has 0 saturated carbocycles. The van der Waals surface area contributed by atoms with E-state index in [2.05, 4.69) is 55.4 Å². The number of aryl methyl sites for hydroxylation is 2. The highest BCUT2D eigenvalue weighted by Gasteiger charge is 2.19. The topological polar surface area (TPSA) is 57.5 Å². The van der Waals surface area contributed by atoms with E-state index in [1.807, 2.05) is 11.7 Å². The van der Waals surface area contributed by atoms with Crippen LogP contribution in [0.25, 0.3) is 0 Å². The molecule has 0 spiro atoms. The first-order chi connectivity index (χ1) is 11.4. The molecule has 7 heteroatoms. The zero-order valence-corrected chi connectivity index (χ0v) is 18.9. The molecule has 1 aromatic heterocycles. The Morgan fingerprint density at radius 1 is 1.36 bits per heavy atom. The number of aromatic nitrogens is 2. The molecule has 2 heterocycles. The fourth-order valence-electron chi connectivity index (χ4n) is 3.42. The summed E-state index contributed by atoms with van der Waals surface area (Å²) in [5, 5.41) is 11.4. The smallest absolute Gasteiger partial charge is 0.191 e. The minimum absolute atomic E-state index is 0. The van der Waals surface area contributed by atoms with Crippen molar-refractivity contribution in [3.8, 4) is 0 Å². The van der Waals surface area contributed by atoms with Gasteiger partial charge in [-0.25, -0.2) is 0 Å². The van der Waals surface area contributed by atoms with Crippen LogP contribution in [-0.4, -0.2) is 59.9 Å². The van der Waals surface area contributed by atoms with Crippen molar-refractivity contribution in [2.75, 3.05) is 33.2 Å². The van der Waals surface area contributed by atoms with Crippen LogP contribution in [0.4, 0.5) is 0 Å². The van der Waals surface area contributed by atoms with Crippen molar-refractivity contribution in [3.63, 3.8) is 0 Å². The SMILES string of the molecule is CCNC(=NCC1CCN(C)C1)NC(C)Cc1c(C)nn(C)c1C.I. The van der Waals surface area contributed by atoms with Crippen LogP contribution in [0.2, 0.25) is 0 Å². The number of halogens is 1. The predicted octanol–water partition coefficient (Wildman–Crippen LogP) is 2.09. The van der Waals surface area contributed by atoms with E-state index in [0.29, 0.717) is 12.0 Å². The molecule has 0 bridgehead atoms. The number of rotatable bonds is 6. The molecule has 1 fully saturated rings. The highest BCUT2D eigenvalue weighted by molar-refractivity contribution is 14.0. The van der Waals surface area contributed by atoms with E-state index >= 15 is 0 Å². The third-order valence-electron chi connectivity index (χ3n) is 4.89. The predicted molar refractivity (Wildman–Crippen MR) is 116 cm³/mol. The Kier molecular flexibility index (Phi) is 9.20. The molecule has 1 aliphatic rings. The van der Waals surface area contributed by atoms with Gasteiger partial charge in [-0.3, -0.25) is 9.67 Å². The van der Waals surface area contributed by atoms with Gasteiger partial charge in [0.25, 0.3) is 0 Å². The molecule has 2 atom stereocenters. The normalized spacial score (nSPS) is 19.6. The summed E-state index contributed by atoms with van der Waals surface area (Å²) in [6.45, 7) is 12.7. The lowest BCUT2D eigenvalue weighted by Gasteiger charge is -2.19. The maximum absolute atomic E-state index is 4.81. The van der Waals surface area contributed by atoms with Crippen LogP contribution in [0, 0.1) is 19.8 Å². The number of likely N-dealkylation sites (tertiary alicyclic amines) is 1. The van der Waals surface area contributed by atoms with Crippen molar-refractivity contribution in [1.29, 1.82) is 0 Å². The lowest BCUT2D eigenvalue weighted by Crippen LogP contribution is -2.43. The van der Waals surface area contributed by atoms with E-state index in [0.717, 1.165) is 37.7 Å². The lowest BCUT2D eigenvalue weighted by atomic mass is 10.1. The van der Waals surface area contributed by atoms with Gasteiger partial charge in [0.2, 0.25) is 0 Å². The molecule has 2 rings (SSSR count). The molecule has 1 aromatic rings. The lowest BCUT2D eigenvalue weighted by molar-refractivity contribution is 0.397. The average molecular weight is 462 g/mol. The Bertz CT molecular complexity index is 568. The fraction of sp³-hybridized carbons (Fsp3) is 0.778. The van der Waals surface area contributed by atoms with Crippen molar-refractivity contribution in [3.05, 3.63) is 17.0 Å². The first-order valence-corrected chi connectivity index (χ1v) is 9.13. The van der Waals surface area contributed by atoms with Gasteiger partial charge in [0.15, 0.2) is 5.96 Å². The molecule has 0 amide bonds. The number of aliphatic imine (C=N–C) groups is 1. The fourth-order valence-corrected chi connectivity index (χ4v) is 3.42. The van der Waals surface area contributed by atoms with Crippen LogP contribution in [-0.2, 0) is 13.5 Å². The third-order valence-corrected chi connectivity index (χ3v) is 4.89. The van der Waals surface area contributed by atoms with Gasteiger partial charge in [-0.15, -0.1) is 24.0 Å². The largest absolute Gasteiger partial charge is 0.357 e. The number of hydrogen-bond acceptors (Lipinski definition) is 3. The molecule has 0 aromatic carbocycles. The molecule has 0 radical (unpaired) electrons. The van der Waals surface area contributed by atoms with Gasteiger partial charge in [0.1, 0.15) is 0 Å². The first kappa shape index (κ1) is 22.2. The summed E-state index contributed by atoms with van der Waals surface area (Å²) in [6.07, 6.45) is 2.21. The molecule has 2 unspecified atom stereocenters. The van der Waals surface area contributed by atoms with Gasteiger partial charge in [0.05, 0.1) is 5.69 Å². The molecule has 6 nitrogen and oxygen atoms in total. The third kappa shape index (κ3) is 6.44. The number of hydrogen-bond donors (Lipinski definition) is 2. The first-order valence-electron chi connectivity index (χ1n) is 9.13. The summed E-state index contributed by atoms with van der Waals surface area (Å²) in [7, 11) is 4.20. The highest BCUT2D eigenvalue weighted by Crippen LogP contribution is 2.15. The summed E-state index contributed by atoms with van der Waals surface area (Å²) in [4.78, 5) is 7.19. The molecular weight excluding hydrogens is 427 g/mol. The standard InChI is InChI=1S/C18H34N6.HI/c1-7-19-18(20-11-16-8-9-23(5)12-16)21-13(2)10-17-14(3)22-24(6)15(17)4;/h13,16H,7-12H2,1-6H3,(H2,19,20,21);1H. The highest BCUT2D eigenvalue weighted by atomic mass is 127. The van der Waals surface area contributed by atoms with Crippen LogP contribution in [0.15, 0.2) is 4.99 Å². The van der Waals surface area contributed by atoms with E-state index < -0.39 is 0 Å². The maximum atomic E-state index is 4.81. The second kappa shape index (κ2) is 10.4. The van der Waals surface area contributed by atoms with E-state index in [1.165, 1.54) is 24.2 Å². The Morgan fingerprint density at radius 2 is 2.08 bits per heavy atom. The number of nitrogens with zero attached hydrogens (tertiary/aromatic N) is 4. The number of guanidine groups is 1. The van der Waals surface area contributed by atoms with E-state index in [4.69, 9.17) is 4.99 Å². The molecular formula is C18H35IN6. The Hall–Kier alpha value is -0.830. The minimum Gasteiger partial charge on any atom is -0.357 e. The van der Waals surface area contributed by atoms with Crippen molar-refractivity contribution >= 4 is 29.9 Å². The second-order valence-electron chi connectivity index (χ2n) is 7.16. The van der Waals surface area contributed by atoms with Crippen LogP contribution in [0.5, 0.6) is 0 Å². The minimum atomic E-state index is 0. The summed E-state index contributed by atoms with van der Waals surface area (Å²) >= 11 is 0. The monoisotopic (exact) mass is 462 g/mol. The van der Waals surface area contributed by atoms with Crippen molar-refractivity contribution in [2.24, 2.45) is 18.0 Å². The van der Waals surface area contributed by atoms with Gasteiger partial charge >= 0.3 is 0 Å². The zero-order valence-electron chi connectivity index (χ0n) is 16.6. The van der Waals surface area contributed by atoms with Gasteiger partial charge in [-0.05, 0) is 65.6 Å². The summed E-state index contributed by atoms with van der Waals surface area (Å²) in [5.41, 5.74) is 3.71. The Labute approximate surface area is 169 Å². The summed E-state index contributed by atoms with van der Waals surface area (Å²) in [6, 6.07) is 0.315. The van der Waals surface area contributed by atoms with Crippen LogP contribution < -0.4 is 10.6 Å². The average Bonchev–Trinajstić information content (AvgIpc) is 3.04. The van der Waals surface area contributed by atoms with Crippen LogP contribution >= 0.6 is 24.0 Å². The zero-order chi connectivity index (χ0) is 17.7. The van der Waals surface area contributed by atoms with Gasteiger partial charge in [-0.1, -0.05) is 0 Å². The molecule has 25 heavy (non-hydrogen) atoms. The molecule has 0 aliphatic carbocycles. The maximum Gasteiger partial charge on any atom is 0.191 e. The van der Waals surface area contributed by atoms with Gasteiger partial charge < -0.3 is 15.5 Å². The van der Waals surface area contributed by atoms with Crippen molar-refractivity contribution in [2.45, 2.75) is 46.6 Å². The van der Waals surface area contributed by atoms with Crippen LogP contribution in [0.1, 0.15) is 37.2 Å².